The number of aromatic hydroxyl groups is 1. The number of benzene rings is 1. The maximum Gasteiger partial charge on any atom is 0.194 e. The van der Waals surface area contributed by atoms with Crippen LogP contribution in [-0.2, 0) is 6.54 Å². The topological polar surface area (TPSA) is 60.3 Å². The van der Waals surface area contributed by atoms with E-state index in [1.54, 1.807) is 19.2 Å². The number of likely N-dealkylation sites (tertiary alicyclic amines) is 1. The van der Waals surface area contributed by atoms with E-state index in [0.29, 0.717) is 18.3 Å². The van der Waals surface area contributed by atoms with Crippen molar-refractivity contribution < 1.29 is 9.84 Å². The SMILES string of the molecule is CCNC(=NCc1ccc(OC)c(O)c1)N(C)CC1CCCN1CC. The number of ether oxygens (including phenoxy) is 1. The maximum absolute atomic E-state index is 9.91. The fraction of sp³-hybridized carbons (Fsp3) is 0.632. The number of rotatable bonds is 7. The molecule has 0 aliphatic carbocycles. The molecule has 1 fully saturated rings. The molecule has 1 heterocycles. The van der Waals surface area contributed by atoms with E-state index in [1.165, 1.54) is 19.4 Å². The second-order valence-electron chi connectivity index (χ2n) is 6.48. The lowest BCUT2D eigenvalue weighted by Gasteiger charge is -2.29. The predicted molar refractivity (Wildman–Crippen MR) is 102 cm³/mol. The summed E-state index contributed by atoms with van der Waals surface area (Å²) in [6.45, 7) is 8.95. The second-order valence-corrected chi connectivity index (χ2v) is 6.48. The molecule has 0 bridgehead atoms. The van der Waals surface area contributed by atoms with Crippen molar-refractivity contribution >= 4 is 5.96 Å². The van der Waals surface area contributed by atoms with Crippen LogP contribution in [0.25, 0.3) is 0 Å². The van der Waals surface area contributed by atoms with Crippen molar-refractivity contribution in [2.75, 3.05) is 40.3 Å². The highest BCUT2D eigenvalue weighted by Crippen LogP contribution is 2.26. The molecular formula is C19H32N4O2. The van der Waals surface area contributed by atoms with Gasteiger partial charge in [0, 0.05) is 26.2 Å². The molecule has 1 unspecified atom stereocenters. The van der Waals surface area contributed by atoms with Gasteiger partial charge < -0.3 is 20.1 Å². The Morgan fingerprint density at radius 3 is 2.88 bits per heavy atom. The van der Waals surface area contributed by atoms with Crippen LogP contribution in [0.15, 0.2) is 23.2 Å². The first kappa shape index (κ1) is 19.4. The van der Waals surface area contributed by atoms with Crippen molar-refractivity contribution in [3.63, 3.8) is 0 Å². The maximum atomic E-state index is 9.91. The number of hydrogen-bond acceptors (Lipinski definition) is 4. The normalized spacial score (nSPS) is 18.4. The Kier molecular flexibility index (Phi) is 7.37. The molecule has 0 spiro atoms. The molecule has 1 aliphatic heterocycles. The van der Waals surface area contributed by atoms with Crippen LogP contribution in [0, 0.1) is 0 Å². The molecule has 0 amide bonds. The minimum atomic E-state index is 0.151. The van der Waals surface area contributed by atoms with Gasteiger partial charge in [-0.15, -0.1) is 0 Å². The van der Waals surface area contributed by atoms with Gasteiger partial charge in [-0.05, 0) is 50.6 Å². The van der Waals surface area contributed by atoms with Gasteiger partial charge in [0.15, 0.2) is 17.5 Å². The number of guanidine groups is 1. The third-order valence-corrected chi connectivity index (χ3v) is 4.74. The summed E-state index contributed by atoms with van der Waals surface area (Å²) in [6, 6.07) is 6.02. The van der Waals surface area contributed by atoms with E-state index in [0.717, 1.165) is 31.2 Å². The average molecular weight is 348 g/mol. The van der Waals surface area contributed by atoms with E-state index in [1.807, 2.05) is 6.07 Å². The van der Waals surface area contributed by atoms with E-state index in [4.69, 9.17) is 9.73 Å². The van der Waals surface area contributed by atoms with Gasteiger partial charge in [0.25, 0.3) is 0 Å². The summed E-state index contributed by atoms with van der Waals surface area (Å²) in [5.74, 6) is 1.54. The zero-order chi connectivity index (χ0) is 18.2. The molecule has 0 radical (unpaired) electrons. The lowest BCUT2D eigenvalue weighted by Crippen LogP contribution is -2.45. The first-order valence-electron chi connectivity index (χ1n) is 9.18. The fourth-order valence-electron chi connectivity index (χ4n) is 3.39. The Bertz CT molecular complexity index is 577. The Labute approximate surface area is 151 Å². The quantitative estimate of drug-likeness (QED) is 0.585. The minimum absolute atomic E-state index is 0.151. The smallest absolute Gasteiger partial charge is 0.194 e. The standard InChI is InChI=1S/C19H32N4O2/c1-5-20-19(22(3)14-16-8-7-11-23(16)6-2)21-13-15-9-10-18(25-4)17(24)12-15/h9-10,12,16,24H,5-8,11,13-14H2,1-4H3,(H,20,21). The molecule has 6 nitrogen and oxygen atoms in total. The summed E-state index contributed by atoms with van der Waals surface area (Å²) >= 11 is 0. The van der Waals surface area contributed by atoms with Gasteiger partial charge >= 0.3 is 0 Å². The number of likely N-dealkylation sites (N-methyl/N-ethyl adjacent to an activating group) is 2. The van der Waals surface area contributed by atoms with Crippen molar-refractivity contribution in [3.05, 3.63) is 23.8 Å². The zero-order valence-electron chi connectivity index (χ0n) is 16.0. The highest BCUT2D eigenvalue weighted by molar-refractivity contribution is 5.79. The number of nitrogens with zero attached hydrogens (tertiary/aromatic N) is 3. The first-order valence-corrected chi connectivity index (χ1v) is 9.18. The first-order chi connectivity index (χ1) is 12.1. The lowest BCUT2D eigenvalue weighted by atomic mass is 10.2. The van der Waals surface area contributed by atoms with E-state index < -0.39 is 0 Å². The Morgan fingerprint density at radius 2 is 2.24 bits per heavy atom. The fourth-order valence-corrected chi connectivity index (χ4v) is 3.39. The molecular weight excluding hydrogens is 316 g/mol. The van der Waals surface area contributed by atoms with Gasteiger partial charge in [-0.3, -0.25) is 4.90 Å². The van der Waals surface area contributed by atoms with Gasteiger partial charge in [-0.2, -0.15) is 0 Å². The minimum Gasteiger partial charge on any atom is -0.504 e. The number of phenols is 1. The summed E-state index contributed by atoms with van der Waals surface area (Å²) in [5, 5.41) is 13.3. The molecule has 1 saturated heterocycles. The Balaban J connectivity index is 2.02. The number of hydrogen-bond donors (Lipinski definition) is 2. The Hall–Kier alpha value is -1.95. The van der Waals surface area contributed by atoms with Gasteiger partial charge in [0.2, 0.25) is 0 Å². The van der Waals surface area contributed by atoms with Gasteiger partial charge in [-0.1, -0.05) is 13.0 Å². The molecule has 6 heteroatoms. The summed E-state index contributed by atoms with van der Waals surface area (Å²) in [7, 11) is 3.65. The van der Waals surface area contributed by atoms with Gasteiger partial charge in [-0.25, -0.2) is 4.99 Å². The Morgan fingerprint density at radius 1 is 1.44 bits per heavy atom. The zero-order valence-corrected chi connectivity index (χ0v) is 16.0. The van der Waals surface area contributed by atoms with Crippen LogP contribution in [0.3, 0.4) is 0 Å². The second kappa shape index (κ2) is 9.51. The molecule has 1 atom stereocenters. The molecule has 2 N–H and O–H groups in total. The monoisotopic (exact) mass is 348 g/mol. The van der Waals surface area contributed by atoms with Crippen molar-refractivity contribution in [2.24, 2.45) is 4.99 Å². The van der Waals surface area contributed by atoms with Crippen LogP contribution >= 0.6 is 0 Å². The van der Waals surface area contributed by atoms with E-state index in [-0.39, 0.29) is 5.75 Å². The molecule has 1 aromatic carbocycles. The van der Waals surface area contributed by atoms with Gasteiger partial charge in [0.1, 0.15) is 0 Å². The van der Waals surface area contributed by atoms with Crippen LogP contribution in [0.2, 0.25) is 0 Å². The van der Waals surface area contributed by atoms with E-state index in [9.17, 15) is 5.11 Å². The van der Waals surface area contributed by atoms with E-state index in [2.05, 4.69) is 36.0 Å². The largest absolute Gasteiger partial charge is 0.504 e. The highest BCUT2D eigenvalue weighted by Gasteiger charge is 2.24. The highest BCUT2D eigenvalue weighted by atomic mass is 16.5. The molecule has 1 aromatic rings. The van der Waals surface area contributed by atoms with Crippen molar-refractivity contribution in [2.45, 2.75) is 39.3 Å². The van der Waals surface area contributed by atoms with Crippen LogP contribution in [0.1, 0.15) is 32.3 Å². The molecule has 25 heavy (non-hydrogen) atoms. The molecule has 2 rings (SSSR count). The van der Waals surface area contributed by atoms with Crippen molar-refractivity contribution in [1.29, 1.82) is 0 Å². The lowest BCUT2D eigenvalue weighted by molar-refractivity contribution is 0.232. The van der Waals surface area contributed by atoms with Crippen LogP contribution in [0.5, 0.6) is 11.5 Å². The van der Waals surface area contributed by atoms with Crippen molar-refractivity contribution in [3.8, 4) is 11.5 Å². The van der Waals surface area contributed by atoms with Crippen LogP contribution < -0.4 is 10.1 Å². The van der Waals surface area contributed by atoms with Crippen molar-refractivity contribution in [1.82, 2.24) is 15.1 Å². The molecule has 140 valence electrons. The summed E-state index contributed by atoms with van der Waals surface area (Å²) < 4.78 is 5.09. The predicted octanol–water partition coefficient (Wildman–Crippen LogP) is 2.28. The summed E-state index contributed by atoms with van der Waals surface area (Å²) in [4.78, 5) is 9.49. The van der Waals surface area contributed by atoms with Crippen LogP contribution in [0.4, 0.5) is 0 Å². The number of aliphatic imine (C=N–C) groups is 1. The molecule has 0 aromatic heterocycles. The number of nitrogens with one attached hydrogen (secondary N) is 1. The third kappa shape index (κ3) is 5.26. The number of phenolic OH excluding ortho intramolecular Hbond substituents is 1. The summed E-state index contributed by atoms with van der Waals surface area (Å²) in [5.41, 5.74) is 0.957. The van der Waals surface area contributed by atoms with E-state index >= 15 is 0 Å². The molecule has 0 saturated carbocycles. The summed E-state index contributed by atoms with van der Waals surface area (Å²) in [6.07, 6.45) is 2.54. The van der Waals surface area contributed by atoms with Crippen LogP contribution in [-0.4, -0.2) is 67.2 Å². The third-order valence-electron chi connectivity index (χ3n) is 4.74. The average Bonchev–Trinajstić information content (AvgIpc) is 3.05. The number of methoxy groups -OCH3 is 1. The molecule has 1 aliphatic rings. The van der Waals surface area contributed by atoms with Gasteiger partial charge in [0.05, 0.1) is 13.7 Å².